The van der Waals surface area contributed by atoms with Crippen LogP contribution >= 0.6 is 0 Å². The highest BCUT2D eigenvalue weighted by Gasteiger charge is 2.29. The average molecular weight is 314 g/mol. The summed E-state index contributed by atoms with van der Waals surface area (Å²) in [5.74, 6) is -0.987. The lowest BCUT2D eigenvalue weighted by atomic mass is 9.90. The summed E-state index contributed by atoms with van der Waals surface area (Å²) >= 11 is 0. The second-order valence-corrected chi connectivity index (χ2v) is 6.13. The van der Waals surface area contributed by atoms with Crippen molar-refractivity contribution in [2.24, 2.45) is 0 Å². The van der Waals surface area contributed by atoms with Crippen LogP contribution in [0, 0.1) is 0 Å². The molecule has 0 aromatic carbocycles. The summed E-state index contributed by atoms with van der Waals surface area (Å²) in [6, 6.07) is 0. The molecule has 0 bridgehead atoms. The van der Waals surface area contributed by atoms with Gasteiger partial charge in [0.05, 0.1) is 0 Å². The molecule has 0 heterocycles. The number of carbonyl (C=O) groups excluding carboxylic acids is 1. The monoisotopic (exact) mass is 314 g/mol. The van der Waals surface area contributed by atoms with E-state index in [1.807, 2.05) is 0 Å². The molecule has 0 radical (unpaired) electrons. The number of hydrogen-bond acceptors (Lipinski definition) is 3. The van der Waals surface area contributed by atoms with Crippen LogP contribution in [0.25, 0.3) is 0 Å². The van der Waals surface area contributed by atoms with E-state index in [1.54, 1.807) is 0 Å². The summed E-state index contributed by atoms with van der Waals surface area (Å²) in [4.78, 5) is 22.4. The van der Waals surface area contributed by atoms with Crippen molar-refractivity contribution in [3.63, 3.8) is 0 Å². The molecule has 0 aromatic heterocycles. The van der Waals surface area contributed by atoms with E-state index in [-0.39, 0.29) is 18.0 Å². The highest BCUT2D eigenvalue weighted by molar-refractivity contribution is 5.70. The summed E-state index contributed by atoms with van der Waals surface area (Å²) in [6.45, 7) is 6.36. The zero-order valence-electron chi connectivity index (χ0n) is 14.7. The first-order chi connectivity index (χ1) is 10.5. The Kier molecular flexibility index (Phi) is 11.9. The predicted octanol–water partition coefficient (Wildman–Crippen LogP) is 5.09. The lowest BCUT2D eigenvalue weighted by Crippen LogP contribution is -2.33. The highest BCUT2D eigenvalue weighted by atomic mass is 16.6. The number of esters is 1. The second kappa shape index (κ2) is 12.5. The third-order valence-electron chi connectivity index (χ3n) is 4.38. The quantitative estimate of drug-likeness (QED) is 0.358. The molecule has 0 fully saturated rings. The summed E-state index contributed by atoms with van der Waals surface area (Å²) in [5.41, 5.74) is -0.323. The molecule has 0 aliphatic heterocycles. The molecule has 0 rings (SSSR count). The maximum atomic E-state index is 12.0. The normalized spacial score (nSPS) is 11.4. The smallest absolute Gasteiger partial charge is 0.306 e. The molecule has 4 nitrogen and oxygen atoms in total. The number of carboxylic acids is 1. The van der Waals surface area contributed by atoms with E-state index in [0.717, 1.165) is 25.7 Å². The molecule has 0 atom stereocenters. The number of aliphatic carboxylic acids is 1. The zero-order valence-corrected chi connectivity index (χ0v) is 14.7. The fourth-order valence-corrected chi connectivity index (χ4v) is 2.69. The van der Waals surface area contributed by atoms with Crippen LogP contribution in [0.1, 0.15) is 97.8 Å². The van der Waals surface area contributed by atoms with Crippen LogP contribution in [0.4, 0.5) is 0 Å². The van der Waals surface area contributed by atoms with Gasteiger partial charge in [-0.1, -0.05) is 46.5 Å². The Labute approximate surface area is 135 Å². The first-order valence-electron chi connectivity index (χ1n) is 8.93. The molecule has 4 heteroatoms. The van der Waals surface area contributed by atoms with E-state index in [2.05, 4.69) is 20.8 Å². The first kappa shape index (κ1) is 20.9. The van der Waals surface area contributed by atoms with Gasteiger partial charge >= 0.3 is 11.9 Å². The van der Waals surface area contributed by atoms with Gasteiger partial charge in [0.1, 0.15) is 5.60 Å². The Morgan fingerprint density at radius 3 is 2.00 bits per heavy atom. The number of rotatable bonds is 14. The van der Waals surface area contributed by atoms with Crippen molar-refractivity contribution < 1.29 is 19.4 Å². The fourth-order valence-electron chi connectivity index (χ4n) is 2.69. The zero-order chi connectivity index (χ0) is 16.8. The molecule has 0 aliphatic carbocycles. The SMILES string of the molecule is CCCCCCCC(CC)(CC)OC(=O)CCCCC(=O)O. The van der Waals surface area contributed by atoms with Gasteiger partial charge in [0.25, 0.3) is 0 Å². The van der Waals surface area contributed by atoms with Crippen LogP contribution in [0.15, 0.2) is 0 Å². The van der Waals surface area contributed by atoms with Gasteiger partial charge in [-0.15, -0.1) is 0 Å². The second-order valence-electron chi connectivity index (χ2n) is 6.13. The van der Waals surface area contributed by atoms with E-state index in [4.69, 9.17) is 9.84 Å². The molecular weight excluding hydrogens is 280 g/mol. The fraction of sp³-hybridized carbons (Fsp3) is 0.889. The van der Waals surface area contributed by atoms with Crippen molar-refractivity contribution in [3.05, 3.63) is 0 Å². The Hall–Kier alpha value is -1.06. The van der Waals surface area contributed by atoms with Crippen LogP contribution in [-0.2, 0) is 14.3 Å². The van der Waals surface area contributed by atoms with Gasteiger partial charge in [-0.25, -0.2) is 0 Å². The third-order valence-corrected chi connectivity index (χ3v) is 4.38. The van der Waals surface area contributed by atoms with Gasteiger partial charge in [-0.3, -0.25) is 9.59 Å². The number of hydrogen-bond donors (Lipinski definition) is 1. The molecule has 0 saturated carbocycles. The molecule has 0 aliphatic rings. The Morgan fingerprint density at radius 1 is 0.864 bits per heavy atom. The molecule has 0 aromatic rings. The minimum absolute atomic E-state index is 0.122. The van der Waals surface area contributed by atoms with Crippen molar-refractivity contribution in [2.75, 3.05) is 0 Å². The molecule has 0 saturated heterocycles. The number of ether oxygens (including phenoxy) is 1. The molecule has 0 amide bonds. The molecule has 130 valence electrons. The molecule has 0 spiro atoms. The van der Waals surface area contributed by atoms with Crippen LogP contribution in [0.2, 0.25) is 0 Å². The summed E-state index contributed by atoms with van der Waals surface area (Å²) < 4.78 is 5.76. The van der Waals surface area contributed by atoms with Crippen molar-refractivity contribution in [1.82, 2.24) is 0 Å². The average Bonchev–Trinajstić information content (AvgIpc) is 2.50. The Balaban J connectivity index is 4.12. The summed E-state index contributed by atoms with van der Waals surface area (Å²) in [5, 5.41) is 8.58. The maximum Gasteiger partial charge on any atom is 0.306 e. The number of carbonyl (C=O) groups is 2. The van der Waals surface area contributed by atoms with E-state index < -0.39 is 5.97 Å². The van der Waals surface area contributed by atoms with Crippen molar-refractivity contribution >= 4 is 11.9 Å². The van der Waals surface area contributed by atoms with E-state index in [9.17, 15) is 9.59 Å². The van der Waals surface area contributed by atoms with Gasteiger partial charge in [0.2, 0.25) is 0 Å². The van der Waals surface area contributed by atoms with Crippen LogP contribution in [-0.4, -0.2) is 22.6 Å². The third kappa shape index (κ3) is 9.80. The minimum Gasteiger partial charge on any atom is -0.481 e. The molecule has 22 heavy (non-hydrogen) atoms. The van der Waals surface area contributed by atoms with E-state index in [1.165, 1.54) is 25.7 Å². The summed E-state index contributed by atoms with van der Waals surface area (Å²) in [6.07, 6.45) is 10.3. The van der Waals surface area contributed by atoms with Crippen molar-refractivity contribution in [1.29, 1.82) is 0 Å². The van der Waals surface area contributed by atoms with E-state index in [0.29, 0.717) is 19.3 Å². The largest absolute Gasteiger partial charge is 0.481 e. The maximum absolute atomic E-state index is 12.0. The highest BCUT2D eigenvalue weighted by Crippen LogP contribution is 2.28. The first-order valence-corrected chi connectivity index (χ1v) is 8.93. The van der Waals surface area contributed by atoms with Gasteiger partial charge in [-0.05, 0) is 38.5 Å². The van der Waals surface area contributed by atoms with Gasteiger partial charge < -0.3 is 9.84 Å². The van der Waals surface area contributed by atoms with Crippen LogP contribution in [0.3, 0.4) is 0 Å². The number of unbranched alkanes of at least 4 members (excludes halogenated alkanes) is 5. The predicted molar refractivity (Wildman–Crippen MR) is 88.9 cm³/mol. The Morgan fingerprint density at radius 2 is 1.45 bits per heavy atom. The lowest BCUT2D eigenvalue weighted by Gasteiger charge is -2.32. The Bertz CT molecular complexity index is 308. The van der Waals surface area contributed by atoms with Crippen molar-refractivity contribution in [2.45, 2.75) is 103 Å². The molecule has 0 unspecified atom stereocenters. The standard InChI is InChI=1S/C18H34O4/c1-4-7-8-9-12-15-18(5-2,6-3)22-17(21)14-11-10-13-16(19)20/h4-15H2,1-3H3,(H,19,20). The van der Waals surface area contributed by atoms with Gasteiger partial charge in [-0.2, -0.15) is 0 Å². The van der Waals surface area contributed by atoms with Crippen LogP contribution < -0.4 is 0 Å². The molecular formula is C18H34O4. The van der Waals surface area contributed by atoms with Gasteiger partial charge in [0, 0.05) is 12.8 Å². The minimum atomic E-state index is -0.808. The lowest BCUT2D eigenvalue weighted by molar-refractivity contribution is -0.162. The topological polar surface area (TPSA) is 63.6 Å². The molecule has 1 N–H and O–H groups in total. The van der Waals surface area contributed by atoms with Crippen molar-refractivity contribution in [3.8, 4) is 0 Å². The van der Waals surface area contributed by atoms with Crippen LogP contribution in [0.5, 0.6) is 0 Å². The van der Waals surface area contributed by atoms with Gasteiger partial charge in [0.15, 0.2) is 0 Å². The van der Waals surface area contributed by atoms with E-state index >= 15 is 0 Å². The summed E-state index contributed by atoms with van der Waals surface area (Å²) in [7, 11) is 0. The number of carboxylic acid groups (broad SMARTS) is 1.